The van der Waals surface area contributed by atoms with Crippen molar-refractivity contribution < 1.29 is 24.1 Å². The number of aliphatic hydroxyl groups excluding tert-OH is 1. The number of amides is 1. The Labute approximate surface area is 199 Å². The Morgan fingerprint density at radius 2 is 1.97 bits per heavy atom. The van der Waals surface area contributed by atoms with Gasteiger partial charge in [-0.1, -0.05) is 0 Å². The summed E-state index contributed by atoms with van der Waals surface area (Å²) in [4.78, 5) is 25.5. The minimum Gasteiger partial charge on any atom is -0.474 e. The zero-order valence-electron chi connectivity index (χ0n) is 20.0. The van der Waals surface area contributed by atoms with Gasteiger partial charge in [0.15, 0.2) is 0 Å². The molecule has 1 saturated carbocycles. The van der Waals surface area contributed by atoms with E-state index in [0.29, 0.717) is 19.1 Å². The van der Waals surface area contributed by atoms with Gasteiger partial charge in [0.2, 0.25) is 5.88 Å². The standard InChI is InChI=1S/C24H35N3O5S/c1-24(2,3)32-23(29)27(4)16-6-8-17(9-7-16)31-21-20-19-15(13-30-12-11-28)5-10-18(19)33-22(20)26-14-25-21/h14-17,28H,5-13H2,1-4H3/t15-,16?,17?/m1/s1. The summed E-state index contributed by atoms with van der Waals surface area (Å²) in [5.41, 5.74) is 0.771. The molecule has 9 heteroatoms. The number of carbonyl (C=O) groups excluding carboxylic acids is 1. The van der Waals surface area contributed by atoms with Gasteiger partial charge in [0.1, 0.15) is 22.9 Å². The van der Waals surface area contributed by atoms with Crippen molar-refractivity contribution in [3.63, 3.8) is 0 Å². The molecule has 2 aliphatic rings. The Hall–Kier alpha value is -1.97. The predicted molar refractivity (Wildman–Crippen MR) is 127 cm³/mol. The van der Waals surface area contributed by atoms with E-state index in [4.69, 9.17) is 19.3 Å². The Morgan fingerprint density at radius 3 is 2.67 bits per heavy atom. The Balaban J connectivity index is 1.42. The van der Waals surface area contributed by atoms with Gasteiger partial charge < -0.3 is 24.2 Å². The lowest BCUT2D eigenvalue weighted by atomic mass is 9.92. The normalized spacial score (nSPS) is 22.9. The fourth-order valence-electron chi connectivity index (χ4n) is 4.78. The predicted octanol–water partition coefficient (Wildman–Crippen LogP) is 4.29. The fourth-order valence-corrected chi connectivity index (χ4v) is 6.01. The molecule has 0 bridgehead atoms. The maximum Gasteiger partial charge on any atom is 0.410 e. The zero-order valence-corrected chi connectivity index (χ0v) is 20.8. The molecule has 0 spiro atoms. The van der Waals surface area contributed by atoms with E-state index in [-0.39, 0.29) is 30.8 Å². The molecule has 8 nitrogen and oxygen atoms in total. The van der Waals surface area contributed by atoms with Crippen LogP contribution in [0.15, 0.2) is 6.33 Å². The van der Waals surface area contributed by atoms with Crippen molar-refractivity contribution in [3.05, 3.63) is 16.8 Å². The second-order valence-corrected chi connectivity index (χ2v) is 11.1. The number of hydrogen-bond donors (Lipinski definition) is 1. The molecular weight excluding hydrogens is 442 g/mol. The van der Waals surface area contributed by atoms with Crippen molar-refractivity contribution in [1.82, 2.24) is 14.9 Å². The number of hydrogen-bond acceptors (Lipinski definition) is 8. The number of carbonyl (C=O) groups is 1. The average molecular weight is 478 g/mol. The topological polar surface area (TPSA) is 94.0 Å². The highest BCUT2D eigenvalue weighted by Crippen LogP contribution is 2.46. The highest BCUT2D eigenvalue weighted by atomic mass is 32.1. The van der Waals surface area contributed by atoms with Crippen LogP contribution in [0.3, 0.4) is 0 Å². The van der Waals surface area contributed by atoms with E-state index in [2.05, 4.69) is 9.97 Å². The van der Waals surface area contributed by atoms with Gasteiger partial charge in [-0.15, -0.1) is 11.3 Å². The third-order valence-electron chi connectivity index (χ3n) is 6.40. The lowest BCUT2D eigenvalue weighted by Crippen LogP contribution is -2.43. The molecule has 1 N–H and O–H groups in total. The van der Waals surface area contributed by atoms with Crippen LogP contribution in [-0.4, -0.2) is 70.7 Å². The molecule has 1 atom stereocenters. The zero-order chi connectivity index (χ0) is 23.6. The number of thiophene rings is 1. The first-order valence-electron chi connectivity index (χ1n) is 11.8. The van der Waals surface area contributed by atoms with Crippen LogP contribution in [0, 0.1) is 0 Å². The molecule has 0 saturated heterocycles. The van der Waals surface area contributed by atoms with Gasteiger partial charge in [0, 0.05) is 23.9 Å². The lowest BCUT2D eigenvalue weighted by Gasteiger charge is -2.35. The number of aliphatic hydroxyl groups is 1. The number of fused-ring (bicyclic) bond motifs is 3. The Morgan fingerprint density at radius 1 is 1.21 bits per heavy atom. The van der Waals surface area contributed by atoms with Gasteiger partial charge in [0.05, 0.1) is 25.2 Å². The first kappa shape index (κ1) is 24.2. The van der Waals surface area contributed by atoms with Gasteiger partial charge in [0.25, 0.3) is 0 Å². The molecule has 0 aliphatic heterocycles. The summed E-state index contributed by atoms with van der Waals surface area (Å²) in [6.45, 7) is 6.64. The van der Waals surface area contributed by atoms with Crippen molar-refractivity contribution in [3.8, 4) is 5.88 Å². The van der Waals surface area contributed by atoms with Crippen LogP contribution in [-0.2, 0) is 15.9 Å². The van der Waals surface area contributed by atoms with E-state index < -0.39 is 5.60 Å². The monoisotopic (exact) mass is 477 g/mol. The second-order valence-electron chi connectivity index (χ2n) is 9.97. The highest BCUT2D eigenvalue weighted by Gasteiger charge is 2.33. The van der Waals surface area contributed by atoms with Crippen molar-refractivity contribution in [1.29, 1.82) is 0 Å². The van der Waals surface area contributed by atoms with Crippen molar-refractivity contribution in [2.24, 2.45) is 0 Å². The minimum atomic E-state index is -0.494. The number of ether oxygens (including phenoxy) is 3. The van der Waals surface area contributed by atoms with Crippen LogP contribution >= 0.6 is 11.3 Å². The quantitative estimate of drug-likeness (QED) is 0.595. The molecule has 0 aromatic carbocycles. The van der Waals surface area contributed by atoms with E-state index in [1.165, 1.54) is 10.4 Å². The third kappa shape index (κ3) is 5.58. The van der Waals surface area contributed by atoms with E-state index in [9.17, 15) is 4.79 Å². The van der Waals surface area contributed by atoms with Crippen LogP contribution in [0.1, 0.15) is 69.2 Å². The summed E-state index contributed by atoms with van der Waals surface area (Å²) in [7, 11) is 1.82. The number of aryl methyl sites for hydroxylation is 1. The molecule has 4 rings (SSSR count). The molecular formula is C24H35N3O5S. The van der Waals surface area contributed by atoms with Gasteiger partial charge in [-0.05, 0) is 64.9 Å². The summed E-state index contributed by atoms with van der Waals surface area (Å²) in [6.07, 6.45) is 6.89. The first-order valence-corrected chi connectivity index (χ1v) is 12.7. The smallest absolute Gasteiger partial charge is 0.410 e. The Bertz CT molecular complexity index is 965. The fraction of sp³-hybridized carbons (Fsp3) is 0.708. The Kier molecular flexibility index (Phi) is 7.40. The first-order chi connectivity index (χ1) is 15.8. The van der Waals surface area contributed by atoms with Crippen LogP contribution in [0.5, 0.6) is 5.88 Å². The maximum atomic E-state index is 12.4. The molecule has 0 unspecified atom stereocenters. The molecule has 182 valence electrons. The molecule has 2 heterocycles. The van der Waals surface area contributed by atoms with Crippen LogP contribution in [0.2, 0.25) is 0 Å². The SMILES string of the molecule is CN(C(=O)OC(C)(C)C)C1CCC(Oc2ncnc3sc4c(c23)[C@@H](COCCO)CC4)CC1. The number of rotatable bonds is 7. The minimum absolute atomic E-state index is 0.0349. The molecule has 33 heavy (non-hydrogen) atoms. The van der Waals surface area contributed by atoms with Gasteiger partial charge in [-0.25, -0.2) is 14.8 Å². The van der Waals surface area contributed by atoms with E-state index in [0.717, 1.165) is 48.7 Å². The summed E-state index contributed by atoms with van der Waals surface area (Å²) in [6, 6.07) is 0.156. The van der Waals surface area contributed by atoms with Crippen molar-refractivity contribution in [2.75, 3.05) is 26.9 Å². The van der Waals surface area contributed by atoms with Crippen molar-refractivity contribution in [2.45, 2.75) is 83.0 Å². The van der Waals surface area contributed by atoms with E-state index >= 15 is 0 Å². The molecule has 1 amide bonds. The molecule has 1 fully saturated rings. The van der Waals surface area contributed by atoms with Gasteiger partial charge in [-0.3, -0.25) is 0 Å². The number of aromatic nitrogens is 2. The maximum absolute atomic E-state index is 12.4. The summed E-state index contributed by atoms with van der Waals surface area (Å²) >= 11 is 1.72. The van der Waals surface area contributed by atoms with Gasteiger partial charge in [-0.2, -0.15) is 0 Å². The highest BCUT2D eigenvalue weighted by molar-refractivity contribution is 7.19. The van der Waals surface area contributed by atoms with Crippen LogP contribution in [0.4, 0.5) is 4.79 Å². The molecule has 2 aromatic rings. The molecule has 2 aliphatic carbocycles. The summed E-state index contributed by atoms with van der Waals surface area (Å²) < 4.78 is 17.6. The largest absolute Gasteiger partial charge is 0.474 e. The van der Waals surface area contributed by atoms with Gasteiger partial charge >= 0.3 is 6.09 Å². The second kappa shape index (κ2) is 10.1. The number of nitrogens with zero attached hydrogens (tertiary/aromatic N) is 3. The van der Waals surface area contributed by atoms with Crippen LogP contribution < -0.4 is 4.74 Å². The van der Waals surface area contributed by atoms with Crippen molar-refractivity contribution >= 4 is 27.6 Å². The summed E-state index contributed by atoms with van der Waals surface area (Å²) in [5, 5.41) is 10.1. The lowest BCUT2D eigenvalue weighted by molar-refractivity contribution is 0.0137. The molecule has 2 aromatic heterocycles. The van der Waals surface area contributed by atoms with E-state index in [1.54, 1.807) is 22.6 Å². The van der Waals surface area contributed by atoms with E-state index in [1.807, 2.05) is 27.8 Å². The summed E-state index contributed by atoms with van der Waals surface area (Å²) in [5.74, 6) is 0.947. The average Bonchev–Trinajstić information content (AvgIpc) is 3.33. The third-order valence-corrected chi connectivity index (χ3v) is 7.57. The molecule has 0 radical (unpaired) electrons. The van der Waals surface area contributed by atoms with Crippen LogP contribution in [0.25, 0.3) is 10.2 Å².